The van der Waals surface area contributed by atoms with E-state index in [4.69, 9.17) is 18.9 Å². The van der Waals surface area contributed by atoms with Crippen LogP contribution in [0.5, 0.6) is 6.01 Å². The number of fused-ring (bicyclic) bond motifs is 3. The third-order valence-corrected chi connectivity index (χ3v) is 10.1. The molecule has 5 heterocycles. The number of aromatic amines is 1. The average molecular weight is 639 g/mol. The third kappa shape index (κ3) is 5.87. The standard InChI is InChI=1S/C20H24N2O4.C14H22N2O4/c1-4-20(5-2)16(24-12-14-9-7-6-8-10-14)15-18(26-20)22-11-13(3)17(23)21-19(22)25-15;1-5-14(6-2)9(4)10(17)12(20-14)16-7-8(3)11(18)15-13(16)19/h6-11,15-16,18H,4-5,12H2,1-3H3;7,9-10,12,17H,5-6H2,1-4H3,(H,15,18,19)/t15-,16?,18-;9?,10-,12+/m10/s1. The van der Waals surface area contributed by atoms with E-state index < -0.39 is 34.8 Å². The quantitative estimate of drug-likeness (QED) is 0.375. The third-order valence-electron chi connectivity index (χ3n) is 10.1. The summed E-state index contributed by atoms with van der Waals surface area (Å²) in [6.07, 6.45) is 3.97. The van der Waals surface area contributed by atoms with E-state index in [-0.39, 0.29) is 29.9 Å². The lowest BCUT2D eigenvalue weighted by Gasteiger charge is -2.33. The summed E-state index contributed by atoms with van der Waals surface area (Å²) >= 11 is 0. The summed E-state index contributed by atoms with van der Waals surface area (Å²) in [5, 5.41) is 10.4. The van der Waals surface area contributed by atoms with Crippen LogP contribution in [0, 0.1) is 19.8 Å². The lowest BCUT2D eigenvalue weighted by Crippen LogP contribution is -2.45. The molecule has 2 N–H and O–H groups in total. The summed E-state index contributed by atoms with van der Waals surface area (Å²) in [4.78, 5) is 41.5. The minimum Gasteiger partial charge on any atom is -0.453 e. The first-order valence-electron chi connectivity index (χ1n) is 16.2. The lowest BCUT2D eigenvalue weighted by atomic mass is 9.83. The molecule has 12 heteroatoms. The fourth-order valence-electron chi connectivity index (χ4n) is 6.96. The zero-order valence-electron chi connectivity index (χ0n) is 27.7. The Kier molecular flexibility index (Phi) is 9.74. The van der Waals surface area contributed by atoms with Gasteiger partial charge in [0.2, 0.25) is 0 Å². The van der Waals surface area contributed by atoms with Gasteiger partial charge in [0.1, 0.15) is 17.8 Å². The van der Waals surface area contributed by atoms with Crippen LogP contribution in [0.15, 0.2) is 57.1 Å². The van der Waals surface area contributed by atoms with Gasteiger partial charge >= 0.3 is 11.7 Å². The van der Waals surface area contributed by atoms with Crippen LogP contribution in [-0.4, -0.2) is 53.7 Å². The molecule has 0 amide bonds. The summed E-state index contributed by atoms with van der Waals surface area (Å²) in [5.41, 5.74) is 0.00872. The topological polar surface area (TPSA) is 147 Å². The van der Waals surface area contributed by atoms with E-state index >= 15 is 0 Å². The maximum Gasteiger partial charge on any atom is 0.330 e. The minimum atomic E-state index is -0.780. The number of benzene rings is 1. The number of H-pyrrole nitrogens is 1. The largest absolute Gasteiger partial charge is 0.453 e. The number of nitrogens with one attached hydrogen (secondary N) is 1. The molecule has 2 aromatic heterocycles. The number of ether oxygens (including phenoxy) is 4. The van der Waals surface area contributed by atoms with Crippen LogP contribution < -0.4 is 21.5 Å². The molecule has 3 aliphatic rings. The van der Waals surface area contributed by atoms with E-state index in [1.54, 1.807) is 20.0 Å². The van der Waals surface area contributed by atoms with Crippen molar-refractivity contribution in [3.05, 3.63) is 90.6 Å². The Balaban J connectivity index is 0.000000188. The Morgan fingerprint density at radius 2 is 1.50 bits per heavy atom. The summed E-state index contributed by atoms with van der Waals surface area (Å²) in [6, 6.07) is 10.4. The highest BCUT2D eigenvalue weighted by Gasteiger charge is 2.59. The molecule has 250 valence electrons. The van der Waals surface area contributed by atoms with E-state index in [2.05, 4.69) is 23.8 Å². The van der Waals surface area contributed by atoms with Gasteiger partial charge in [-0.1, -0.05) is 65.0 Å². The molecular weight excluding hydrogens is 592 g/mol. The number of aliphatic hydroxyl groups is 1. The van der Waals surface area contributed by atoms with E-state index in [0.717, 1.165) is 31.2 Å². The van der Waals surface area contributed by atoms with Gasteiger partial charge < -0.3 is 24.1 Å². The number of aliphatic hydroxyl groups excluding tert-OH is 1. The monoisotopic (exact) mass is 638 g/mol. The molecule has 0 spiro atoms. The van der Waals surface area contributed by atoms with Gasteiger partial charge in [0.05, 0.1) is 12.2 Å². The van der Waals surface area contributed by atoms with Crippen molar-refractivity contribution in [2.45, 2.75) is 123 Å². The van der Waals surface area contributed by atoms with Crippen LogP contribution in [0.2, 0.25) is 0 Å². The smallest absolute Gasteiger partial charge is 0.330 e. The second-order valence-corrected chi connectivity index (χ2v) is 12.5. The molecule has 3 aromatic rings. The highest BCUT2D eigenvalue weighted by molar-refractivity contribution is 5.18. The SMILES string of the molecule is CCC1(CC)O[C@@H](n2cc(C)c(=O)[nH]c2=O)[C@@H](O)C1C.CCC1(CC)O[C@@H]2[C@H](Oc3nc(=O)c(C)cn32)C1OCc1ccccc1. The highest BCUT2D eigenvalue weighted by atomic mass is 16.6. The summed E-state index contributed by atoms with van der Waals surface area (Å²) in [6.45, 7) is 14.0. The molecule has 2 fully saturated rings. The Morgan fingerprint density at radius 3 is 2.11 bits per heavy atom. The fraction of sp³-hybridized carbons (Fsp3) is 0.588. The van der Waals surface area contributed by atoms with Crippen molar-refractivity contribution in [1.82, 2.24) is 19.1 Å². The maximum absolute atomic E-state index is 11.9. The summed E-state index contributed by atoms with van der Waals surface area (Å²) < 4.78 is 28.0. The van der Waals surface area contributed by atoms with Crippen molar-refractivity contribution >= 4 is 0 Å². The van der Waals surface area contributed by atoms with Gasteiger partial charge in [-0.3, -0.25) is 23.7 Å². The Bertz CT molecular complexity index is 1690. The predicted octanol–water partition coefficient (Wildman–Crippen LogP) is 3.92. The zero-order chi connectivity index (χ0) is 33.4. The second kappa shape index (κ2) is 13.3. The van der Waals surface area contributed by atoms with Crippen LogP contribution in [0.1, 0.15) is 89.4 Å². The van der Waals surface area contributed by atoms with Gasteiger partial charge in [-0.25, -0.2) is 4.79 Å². The fourth-order valence-corrected chi connectivity index (χ4v) is 6.96. The molecule has 1 aromatic carbocycles. The molecule has 0 radical (unpaired) electrons. The molecule has 2 saturated heterocycles. The second-order valence-electron chi connectivity index (χ2n) is 12.5. The molecule has 0 aliphatic carbocycles. The summed E-state index contributed by atoms with van der Waals surface area (Å²) in [7, 11) is 0. The number of rotatable bonds is 8. The first-order chi connectivity index (χ1) is 21.9. The van der Waals surface area contributed by atoms with E-state index in [0.29, 0.717) is 23.7 Å². The van der Waals surface area contributed by atoms with Crippen molar-refractivity contribution in [3.8, 4) is 6.01 Å². The number of nitrogens with zero attached hydrogens (tertiary/aromatic N) is 3. The van der Waals surface area contributed by atoms with Crippen LogP contribution in [-0.2, 0) is 20.8 Å². The van der Waals surface area contributed by atoms with Gasteiger partial charge in [0.25, 0.3) is 11.1 Å². The highest BCUT2D eigenvalue weighted by Crippen LogP contribution is 2.49. The van der Waals surface area contributed by atoms with E-state index in [1.165, 1.54) is 10.8 Å². The van der Waals surface area contributed by atoms with Crippen LogP contribution in [0.3, 0.4) is 0 Å². The Morgan fingerprint density at radius 1 is 0.891 bits per heavy atom. The Hall–Kier alpha value is -3.58. The number of hydrogen-bond donors (Lipinski definition) is 2. The van der Waals surface area contributed by atoms with Crippen molar-refractivity contribution in [1.29, 1.82) is 0 Å². The lowest BCUT2D eigenvalue weighted by molar-refractivity contribution is -0.128. The summed E-state index contributed by atoms with van der Waals surface area (Å²) in [5.74, 6) is -0.0818. The van der Waals surface area contributed by atoms with Gasteiger partial charge in [0.15, 0.2) is 18.6 Å². The average Bonchev–Trinajstić information content (AvgIpc) is 3.64. The van der Waals surface area contributed by atoms with Gasteiger partial charge in [-0.15, -0.1) is 0 Å². The van der Waals surface area contributed by atoms with E-state index in [1.807, 2.05) is 55.7 Å². The van der Waals surface area contributed by atoms with Gasteiger partial charge in [-0.05, 0) is 45.1 Å². The van der Waals surface area contributed by atoms with Crippen LogP contribution >= 0.6 is 0 Å². The normalized spacial score (nSPS) is 27.0. The predicted molar refractivity (Wildman–Crippen MR) is 171 cm³/mol. The Labute approximate surface area is 268 Å². The molecule has 3 aliphatic heterocycles. The van der Waals surface area contributed by atoms with Crippen LogP contribution in [0.4, 0.5) is 0 Å². The van der Waals surface area contributed by atoms with Crippen LogP contribution in [0.25, 0.3) is 0 Å². The number of hydrogen-bond acceptors (Lipinski definition) is 9. The zero-order valence-corrected chi connectivity index (χ0v) is 27.7. The molecular formula is C34H46N4O8. The molecule has 46 heavy (non-hydrogen) atoms. The van der Waals surface area contributed by atoms with Crippen molar-refractivity contribution in [3.63, 3.8) is 0 Å². The molecule has 0 bridgehead atoms. The van der Waals surface area contributed by atoms with Crippen molar-refractivity contribution in [2.75, 3.05) is 0 Å². The maximum atomic E-state index is 11.9. The van der Waals surface area contributed by atoms with E-state index in [9.17, 15) is 19.5 Å². The molecule has 6 rings (SSSR count). The molecule has 12 nitrogen and oxygen atoms in total. The van der Waals surface area contributed by atoms with Gasteiger partial charge in [0, 0.05) is 29.4 Å². The number of aryl methyl sites for hydroxylation is 2. The first-order valence-corrected chi connectivity index (χ1v) is 16.2. The molecule has 6 atom stereocenters. The van der Waals surface area contributed by atoms with Crippen molar-refractivity contribution in [2.24, 2.45) is 5.92 Å². The number of aromatic nitrogens is 4. The van der Waals surface area contributed by atoms with Crippen molar-refractivity contribution < 1.29 is 24.1 Å². The molecule has 2 unspecified atom stereocenters. The minimum absolute atomic E-state index is 0.0818. The van der Waals surface area contributed by atoms with Gasteiger partial charge in [-0.2, -0.15) is 4.98 Å². The first kappa shape index (κ1) is 33.8. The molecule has 0 saturated carbocycles.